The van der Waals surface area contributed by atoms with Gasteiger partial charge >= 0.3 is 0 Å². The Bertz CT molecular complexity index is 846. The molecule has 0 aliphatic carbocycles. The molecule has 1 fully saturated rings. The van der Waals surface area contributed by atoms with Gasteiger partial charge in [-0.1, -0.05) is 12.1 Å². The van der Waals surface area contributed by atoms with Crippen LogP contribution in [0.4, 0.5) is 5.13 Å². The van der Waals surface area contributed by atoms with Crippen LogP contribution in [0.25, 0.3) is 6.08 Å². The van der Waals surface area contributed by atoms with E-state index >= 15 is 0 Å². The number of carbonyl (C=O) groups is 3. The van der Waals surface area contributed by atoms with E-state index in [0.29, 0.717) is 23.7 Å². The van der Waals surface area contributed by atoms with E-state index in [2.05, 4.69) is 15.6 Å². The molecule has 0 saturated carbocycles. The molecular formula is C19H20N4O3S. The molecule has 2 aromatic rings. The molecule has 1 unspecified atom stereocenters. The van der Waals surface area contributed by atoms with Crippen molar-refractivity contribution in [1.29, 1.82) is 0 Å². The van der Waals surface area contributed by atoms with Crippen molar-refractivity contribution < 1.29 is 14.4 Å². The van der Waals surface area contributed by atoms with Gasteiger partial charge < -0.3 is 15.5 Å². The number of carbonyl (C=O) groups excluding carboxylic acids is 3. The Hall–Kier alpha value is -3.00. The minimum absolute atomic E-state index is 0.159. The SMILES string of the molecule is CNC(=O)c1ccc(C=CC(=O)N2CCCC2C(=O)Nc2nccs2)cc1. The van der Waals surface area contributed by atoms with Gasteiger partial charge in [-0.15, -0.1) is 11.3 Å². The maximum atomic E-state index is 12.5. The van der Waals surface area contributed by atoms with Crippen LogP contribution in [-0.2, 0) is 9.59 Å². The number of amides is 3. The third-order valence-electron chi connectivity index (χ3n) is 4.32. The smallest absolute Gasteiger partial charge is 0.251 e. The molecule has 1 aromatic carbocycles. The lowest BCUT2D eigenvalue weighted by Gasteiger charge is -2.22. The number of anilines is 1. The topological polar surface area (TPSA) is 91.4 Å². The van der Waals surface area contributed by atoms with E-state index in [4.69, 9.17) is 0 Å². The van der Waals surface area contributed by atoms with E-state index in [9.17, 15) is 14.4 Å². The highest BCUT2D eigenvalue weighted by Gasteiger charge is 2.33. The van der Waals surface area contributed by atoms with Crippen LogP contribution in [-0.4, -0.2) is 47.2 Å². The van der Waals surface area contributed by atoms with Crippen LogP contribution in [0, 0.1) is 0 Å². The van der Waals surface area contributed by atoms with Gasteiger partial charge in [-0.2, -0.15) is 0 Å². The quantitative estimate of drug-likeness (QED) is 0.773. The first kappa shape index (κ1) is 18.8. The Labute approximate surface area is 161 Å². The standard InChI is InChI=1S/C19H20N4O3S/c1-20-17(25)14-7-4-13(5-8-14)6-9-16(24)23-11-2-3-15(23)18(26)22-19-21-10-12-27-19/h4-10,12,15H,2-3,11H2,1H3,(H,20,25)(H,21,22,26). The second kappa shape index (κ2) is 8.59. The van der Waals surface area contributed by atoms with Gasteiger partial charge in [-0.3, -0.25) is 14.4 Å². The molecule has 2 N–H and O–H groups in total. The zero-order chi connectivity index (χ0) is 19.2. The van der Waals surface area contributed by atoms with Crippen molar-refractivity contribution >= 4 is 40.3 Å². The van der Waals surface area contributed by atoms with E-state index in [1.807, 2.05) is 0 Å². The maximum absolute atomic E-state index is 12.5. The minimum Gasteiger partial charge on any atom is -0.355 e. The fraction of sp³-hybridized carbons (Fsp3) is 0.263. The molecule has 7 nitrogen and oxygen atoms in total. The fourth-order valence-electron chi connectivity index (χ4n) is 2.93. The summed E-state index contributed by atoms with van der Waals surface area (Å²) in [5.41, 5.74) is 1.36. The van der Waals surface area contributed by atoms with Crippen molar-refractivity contribution in [2.45, 2.75) is 18.9 Å². The van der Waals surface area contributed by atoms with E-state index in [-0.39, 0.29) is 17.7 Å². The highest BCUT2D eigenvalue weighted by Crippen LogP contribution is 2.21. The zero-order valence-electron chi connectivity index (χ0n) is 14.8. The second-order valence-electron chi connectivity index (χ2n) is 6.05. The molecule has 1 aromatic heterocycles. The number of nitrogens with zero attached hydrogens (tertiary/aromatic N) is 2. The molecule has 1 saturated heterocycles. The molecule has 0 radical (unpaired) electrons. The van der Waals surface area contributed by atoms with Gasteiger partial charge in [-0.05, 0) is 36.6 Å². The monoisotopic (exact) mass is 384 g/mol. The average Bonchev–Trinajstić information content (AvgIpc) is 3.37. The molecule has 3 rings (SSSR count). The molecule has 1 atom stereocenters. The van der Waals surface area contributed by atoms with Crippen molar-refractivity contribution in [1.82, 2.24) is 15.2 Å². The summed E-state index contributed by atoms with van der Waals surface area (Å²) in [6.07, 6.45) is 6.19. The number of hydrogen-bond acceptors (Lipinski definition) is 5. The normalized spacial score (nSPS) is 16.5. The number of nitrogens with one attached hydrogen (secondary N) is 2. The summed E-state index contributed by atoms with van der Waals surface area (Å²) in [4.78, 5) is 42.1. The van der Waals surface area contributed by atoms with Crippen LogP contribution in [0.2, 0.25) is 0 Å². The summed E-state index contributed by atoms with van der Waals surface area (Å²) in [7, 11) is 1.58. The van der Waals surface area contributed by atoms with Gasteiger partial charge in [0.1, 0.15) is 6.04 Å². The first-order valence-electron chi connectivity index (χ1n) is 8.59. The highest BCUT2D eigenvalue weighted by molar-refractivity contribution is 7.13. The van der Waals surface area contributed by atoms with Gasteiger partial charge in [0.05, 0.1) is 0 Å². The molecule has 8 heteroatoms. The Morgan fingerprint density at radius 3 is 2.70 bits per heavy atom. The summed E-state index contributed by atoms with van der Waals surface area (Å²) in [5, 5.41) is 7.63. The molecule has 140 valence electrons. The molecule has 1 aliphatic heterocycles. The predicted molar refractivity (Wildman–Crippen MR) is 104 cm³/mol. The van der Waals surface area contributed by atoms with E-state index in [1.54, 1.807) is 53.9 Å². The molecule has 1 aliphatic rings. The second-order valence-corrected chi connectivity index (χ2v) is 6.95. The molecule has 3 amide bonds. The van der Waals surface area contributed by atoms with Gasteiger partial charge in [0.2, 0.25) is 11.8 Å². The van der Waals surface area contributed by atoms with Crippen LogP contribution in [0.3, 0.4) is 0 Å². The van der Waals surface area contributed by atoms with Gasteiger partial charge in [0, 0.05) is 36.8 Å². The molecular weight excluding hydrogens is 364 g/mol. The molecule has 27 heavy (non-hydrogen) atoms. The summed E-state index contributed by atoms with van der Waals surface area (Å²) in [6, 6.07) is 6.45. The van der Waals surface area contributed by atoms with Crippen LogP contribution >= 0.6 is 11.3 Å². The van der Waals surface area contributed by atoms with E-state index in [1.165, 1.54) is 17.4 Å². The Kier molecular flexibility index (Phi) is 5.97. The number of rotatable bonds is 5. The number of benzene rings is 1. The number of likely N-dealkylation sites (tertiary alicyclic amines) is 1. The van der Waals surface area contributed by atoms with Gasteiger partial charge in [0.25, 0.3) is 5.91 Å². The molecule has 0 spiro atoms. The minimum atomic E-state index is -0.485. The van der Waals surface area contributed by atoms with Crippen molar-refractivity contribution in [3.63, 3.8) is 0 Å². The van der Waals surface area contributed by atoms with Gasteiger partial charge in [0.15, 0.2) is 5.13 Å². The van der Waals surface area contributed by atoms with Crippen molar-refractivity contribution in [2.75, 3.05) is 18.9 Å². The third-order valence-corrected chi connectivity index (χ3v) is 5.01. The Morgan fingerprint density at radius 1 is 1.26 bits per heavy atom. The molecule has 2 heterocycles. The average molecular weight is 384 g/mol. The highest BCUT2D eigenvalue weighted by atomic mass is 32.1. The fourth-order valence-corrected chi connectivity index (χ4v) is 3.46. The summed E-state index contributed by atoms with van der Waals surface area (Å²) in [6.45, 7) is 0.550. The van der Waals surface area contributed by atoms with Crippen molar-refractivity contribution in [2.24, 2.45) is 0 Å². The Morgan fingerprint density at radius 2 is 2.04 bits per heavy atom. The first-order valence-corrected chi connectivity index (χ1v) is 9.47. The first-order chi connectivity index (χ1) is 13.1. The number of thiazole rings is 1. The van der Waals surface area contributed by atoms with E-state index in [0.717, 1.165) is 12.0 Å². The number of hydrogen-bond donors (Lipinski definition) is 2. The van der Waals surface area contributed by atoms with Crippen molar-refractivity contribution in [3.05, 3.63) is 53.0 Å². The molecule has 0 bridgehead atoms. The third kappa shape index (κ3) is 4.59. The van der Waals surface area contributed by atoms with Crippen LogP contribution in [0.5, 0.6) is 0 Å². The van der Waals surface area contributed by atoms with Gasteiger partial charge in [-0.25, -0.2) is 4.98 Å². The Balaban J connectivity index is 1.63. The number of aromatic nitrogens is 1. The summed E-state index contributed by atoms with van der Waals surface area (Å²) >= 11 is 1.34. The van der Waals surface area contributed by atoms with E-state index < -0.39 is 6.04 Å². The van der Waals surface area contributed by atoms with Crippen LogP contribution < -0.4 is 10.6 Å². The van der Waals surface area contributed by atoms with Crippen LogP contribution in [0.1, 0.15) is 28.8 Å². The summed E-state index contributed by atoms with van der Waals surface area (Å²) < 4.78 is 0. The van der Waals surface area contributed by atoms with Crippen molar-refractivity contribution in [3.8, 4) is 0 Å². The lowest BCUT2D eigenvalue weighted by Crippen LogP contribution is -2.42. The lowest BCUT2D eigenvalue weighted by atomic mass is 10.1. The zero-order valence-corrected chi connectivity index (χ0v) is 15.7. The maximum Gasteiger partial charge on any atom is 0.251 e. The summed E-state index contributed by atoms with van der Waals surface area (Å²) in [5.74, 6) is -0.575. The van der Waals surface area contributed by atoms with Crippen LogP contribution in [0.15, 0.2) is 41.9 Å². The lowest BCUT2D eigenvalue weighted by molar-refractivity contribution is -0.132. The predicted octanol–water partition coefficient (Wildman–Crippen LogP) is 2.15. The largest absolute Gasteiger partial charge is 0.355 e.